The maximum atomic E-state index is 4.42. The zero-order valence-electron chi connectivity index (χ0n) is 10.8. The lowest BCUT2D eigenvalue weighted by Crippen LogP contribution is -2.46. The lowest BCUT2D eigenvalue weighted by atomic mass is 10.2. The quantitative estimate of drug-likeness (QED) is 0.858. The average molecular weight is 234 g/mol. The van der Waals surface area contributed by atoms with Gasteiger partial charge in [-0.2, -0.15) is 0 Å². The Balaban J connectivity index is 1.94. The van der Waals surface area contributed by atoms with Crippen LogP contribution in [-0.4, -0.2) is 49.2 Å². The van der Waals surface area contributed by atoms with Crippen molar-refractivity contribution in [3.63, 3.8) is 0 Å². The predicted molar refractivity (Wildman–Crippen MR) is 72.7 cm³/mol. The molecule has 0 saturated carbocycles. The van der Waals surface area contributed by atoms with Gasteiger partial charge in [0, 0.05) is 32.7 Å². The summed E-state index contributed by atoms with van der Waals surface area (Å²) in [5.74, 6) is 0.962. The first kappa shape index (κ1) is 12.2. The highest BCUT2D eigenvalue weighted by Gasteiger charge is 2.15. The Labute approximate surface area is 104 Å². The highest BCUT2D eigenvalue weighted by molar-refractivity contribution is 5.49. The minimum atomic E-state index is 0.918. The molecule has 0 atom stereocenters. The molecule has 0 radical (unpaired) electrons. The number of nitrogens with one attached hydrogen (secondary N) is 1. The van der Waals surface area contributed by atoms with Crippen LogP contribution in [0, 0.1) is 0 Å². The summed E-state index contributed by atoms with van der Waals surface area (Å²) in [5, 5.41) is 3.22. The third-order valence-corrected chi connectivity index (χ3v) is 3.29. The predicted octanol–water partition coefficient (Wildman–Crippen LogP) is 1.66. The number of nitrogens with zero attached hydrogens (tertiary/aromatic N) is 3. The molecule has 1 aromatic rings. The molecule has 0 bridgehead atoms. The lowest BCUT2D eigenvalue weighted by Gasteiger charge is -2.35. The molecule has 1 aliphatic rings. The molecule has 94 valence electrons. The van der Waals surface area contributed by atoms with Gasteiger partial charge in [0.15, 0.2) is 0 Å². The van der Waals surface area contributed by atoms with Gasteiger partial charge < -0.3 is 15.1 Å². The Hall–Kier alpha value is -1.29. The van der Waals surface area contributed by atoms with E-state index in [9.17, 15) is 0 Å². The molecule has 4 nitrogen and oxygen atoms in total. The van der Waals surface area contributed by atoms with Gasteiger partial charge in [-0.25, -0.2) is 4.98 Å². The summed E-state index contributed by atoms with van der Waals surface area (Å²) >= 11 is 0. The van der Waals surface area contributed by atoms with Gasteiger partial charge >= 0.3 is 0 Å². The van der Waals surface area contributed by atoms with Crippen LogP contribution in [0.2, 0.25) is 0 Å². The first-order valence-corrected chi connectivity index (χ1v) is 6.50. The second-order valence-electron chi connectivity index (χ2n) is 4.35. The van der Waals surface area contributed by atoms with E-state index in [-0.39, 0.29) is 0 Å². The van der Waals surface area contributed by atoms with Crippen LogP contribution >= 0.6 is 0 Å². The number of piperazine rings is 1. The van der Waals surface area contributed by atoms with Gasteiger partial charge in [0.2, 0.25) is 0 Å². The van der Waals surface area contributed by atoms with Crippen LogP contribution in [0.4, 0.5) is 11.5 Å². The van der Waals surface area contributed by atoms with Crippen LogP contribution < -0.4 is 10.2 Å². The van der Waals surface area contributed by atoms with E-state index in [0.717, 1.165) is 45.1 Å². The fourth-order valence-corrected chi connectivity index (χ4v) is 2.18. The first-order chi connectivity index (χ1) is 8.33. The molecule has 0 aliphatic carbocycles. The van der Waals surface area contributed by atoms with E-state index in [1.807, 2.05) is 6.20 Å². The lowest BCUT2D eigenvalue weighted by molar-refractivity contribution is 0.271. The summed E-state index contributed by atoms with van der Waals surface area (Å²) in [5.41, 5.74) is 1.24. The van der Waals surface area contributed by atoms with Gasteiger partial charge in [0.05, 0.1) is 11.9 Å². The Kier molecular flexibility index (Phi) is 4.20. The summed E-state index contributed by atoms with van der Waals surface area (Å²) in [4.78, 5) is 9.31. The highest BCUT2D eigenvalue weighted by atomic mass is 15.3. The number of pyridine rings is 1. The minimum Gasteiger partial charge on any atom is -0.370 e. The van der Waals surface area contributed by atoms with Crippen LogP contribution in [0.15, 0.2) is 18.3 Å². The molecular formula is C13H22N4. The molecule has 17 heavy (non-hydrogen) atoms. The molecule has 2 heterocycles. The van der Waals surface area contributed by atoms with E-state index >= 15 is 0 Å². The summed E-state index contributed by atoms with van der Waals surface area (Å²) in [7, 11) is 0. The Morgan fingerprint density at radius 3 is 2.47 bits per heavy atom. The number of likely N-dealkylation sites (N-methyl/N-ethyl adjacent to an activating group) is 1. The van der Waals surface area contributed by atoms with Crippen molar-refractivity contribution in [1.82, 2.24) is 9.88 Å². The Morgan fingerprint density at radius 1 is 1.18 bits per heavy atom. The van der Waals surface area contributed by atoms with Gasteiger partial charge in [-0.1, -0.05) is 6.92 Å². The Bertz CT molecular complexity index is 328. The number of hydrogen-bond donors (Lipinski definition) is 1. The molecule has 4 heteroatoms. The smallest absolute Gasteiger partial charge is 0.126 e. The van der Waals surface area contributed by atoms with Crippen molar-refractivity contribution < 1.29 is 0 Å². The molecule has 1 aromatic heterocycles. The molecule has 1 fully saturated rings. The summed E-state index contributed by atoms with van der Waals surface area (Å²) in [6, 6.07) is 4.22. The van der Waals surface area contributed by atoms with Crippen molar-refractivity contribution in [2.45, 2.75) is 13.8 Å². The normalized spacial score (nSPS) is 17.2. The maximum Gasteiger partial charge on any atom is 0.126 e. The van der Waals surface area contributed by atoms with Crippen LogP contribution in [-0.2, 0) is 0 Å². The van der Waals surface area contributed by atoms with Gasteiger partial charge in [-0.05, 0) is 25.6 Å². The van der Waals surface area contributed by atoms with E-state index in [1.54, 1.807) is 0 Å². The maximum absolute atomic E-state index is 4.42. The zero-order chi connectivity index (χ0) is 12.1. The summed E-state index contributed by atoms with van der Waals surface area (Å²) in [6.07, 6.45) is 1.97. The van der Waals surface area contributed by atoms with Crippen LogP contribution in [0.5, 0.6) is 0 Å². The first-order valence-electron chi connectivity index (χ1n) is 6.50. The average Bonchev–Trinajstić information content (AvgIpc) is 2.40. The number of aromatic nitrogens is 1. The van der Waals surface area contributed by atoms with Gasteiger partial charge in [0.25, 0.3) is 0 Å². The van der Waals surface area contributed by atoms with E-state index in [0.29, 0.717) is 0 Å². The van der Waals surface area contributed by atoms with Crippen molar-refractivity contribution in [3.05, 3.63) is 18.3 Å². The molecule has 1 N–H and O–H groups in total. The molecule has 2 rings (SSSR count). The van der Waals surface area contributed by atoms with Crippen LogP contribution in [0.25, 0.3) is 0 Å². The monoisotopic (exact) mass is 234 g/mol. The zero-order valence-corrected chi connectivity index (χ0v) is 10.8. The van der Waals surface area contributed by atoms with Crippen molar-refractivity contribution >= 4 is 11.5 Å². The summed E-state index contributed by atoms with van der Waals surface area (Å²) in [6.45, 7) is 10.9. The fourth-order valence-electron chi connectivity index (χ4n) is 2.18. The molecule has 1 saturated heterocycles. The van der Waals surface area contributed by atoms with Crippen LogP contribution in [0.3, 0.4) is 0 Å². The number of rotatable bonds is 4. The summed E-state index contributed by atoms with van der Waals surface area (Å²) < 4.78 is 0. The molecule has 1 aliphatic heterocycles. The molecule has 0 spiro atoms. The standard InChI is InChI=1S/C13H22N4/c1-3-14-13-6-5-12(11-15-13)17-9-7-16(4-2)8-10-17/h5-6,11H,3-4,7-10H2,1-2H3,(H,14,15). The van der Waals surface area contributed by atoms with E-state index in [2.05, 4.69) is 46.1 Å². The second-order valence-corrected chi connectivity index (χ2v) is 4.35. The fraction of sp³-hybridized carbons (Fsp3) is 0.615. The van der Waals surface area contributed by atoms with E-state index in [1.165, 1.54) is 5.69 Å². The van der Waals surface area contributed by atoms with E-state index < -0.39 is 0 Å². The Morgan fingerprint density at radius 2 is 1.94 bits per heavy atom. The SMILES string of the molecule is CCNc1ccc(N2CCN(CC)CC2)cn1. The van der Waals surface area contributed by atoms with Crippen molar-refractivity contribution in [2.75, 3.05) is 49.5 Å². The van der Waals surface area contributed by atoms with Crippen molar-refractivity contribution in [1.29, 1.82) is 0 Å². The molecule has 0 aromatic carbocycles. The van der Waals surface area contributed by atoms with E-state index in [4.69, 9.17) is 0 Å². The minimum absolute atomic E-state index is 0.918. The van der Waals surface area contributed by atoms with Crippen molar-refractivity contribution in [3.8, 4) is 0 Å². The highest BCUT2D eigenvalue weighted by Crippen LogP contribution is 2.16. The van der Waals surface area contributed by atoms with Gasteiger partial charge in [-0.15, -0.1) is 0 Å². The van der Waals surface area contributed by atoms with Crippen molar-refractivity contribution in [2.24, 2.45) is 0 Å². The third kappa shape index (κ3) is 3.09. The topological polar surface area (TPSA) is 31.4 Å². The molecule has 0 amide bonds. The number of hydrogen-bond acceptors (Lipinski definition) is 4. The van der Waals surface area contributed by atoms with Gasteiger partial charge in [0.1, 0.15) is 5.82 Å². The third-order valence-electron chi connectivity index (χ3n) is 3.29. The van der Waals surface area contributed by atoms with Gasteiger partial charge in [-0.3, -0.25) is 0 Å². The number of anilines is 2. The molecular weight excluding hydrogens is 212 g/mol. The second kappa shape index (κ2) is 5.87. The molecule has 0 unspecified atom stereocenters. The van der Waals surface area contributed by atoms with Crippen LogP contribution in [0.1, 0.15) is 13.8 Å². The largest absolute Gasteiger partial charge is 0.370 e.